The van der Waals surface area contributed by atoms with Gasteiger partial charge in [-0.05, 0) is 61.2 Å². The minimum atomic E-state index is -2.14. The van der Waals surface area contributed by atoms with Crippen molar-refractivity contribution in [1.29, 1.82) is 0 Å². The second-order valence-corrected chi connectivity index (χ2v) is 22.8. The zero-order valence-corrected chi connectivity index (χ0v) is 27.1. The molecule has 202 valence electrons. The molecule has 0 fully saturated rings. The summed E-state index contributed by atoms with van der Waals surface area (Å²) in [5, 5.41) is 5.38. The van der Waals surface area contributed by atoms with E-state index >= 15 is 0 Å². The first-order chi connectivity index (χ1) is 16.3. The third-order valence-electron chi connectivity index (χ3n) is 7.34. The van der Waals surface area contributed by atoms with Gasteiger partial charge < -0.3 is 13.6 Å². The molecular weight excluding hydrogens is 505 g/mol. The van der Waals surface area contributed by atoms with E-state index in [1.165, 1.54) is 11.3 Å². The Morgan fingerprint density at radius 1 is 1.03 bits per heavy atom. The van der Waals surface area contributed by atoms with Crippen LogP contribution in [0.4, 0.5) is 5.13 Å². The van der Waals surface area contributed by atoms with Gasteiger partial charge in [-0.3, -0.25) is 10.1 Å². The summed E-state index contributed by atoms with van der Waals surface area (Å²) in [5.41, 5.74) is 0.979. The molecule has 0 saturated carbocycles. The molecule has 0 saturated heterocycles. The lowest BCUT2D eigenvalue weighted by Gasteiger charge is -2.38. The summed E-state index contributed by atoms with van der Waals surface area (Å²) in [5.74, 6) is 1.01. The standard InChI is InChI=1S/C27H46N2O4SSi2/c1-19(18-31-36(11,12)27(6,7)8)32-22-15-21(24(30)29-25-28-13-14-34-25)16-23(17-22)33-35(9,10)20(2)26(3,4)5/h13-17,19-20H,18H2,1-12H3,(H,28,29,30)/t19-,20?/m0/s1. The van der Waals surface area contributed by atoms with Crippen LogP contribution in [0.5, 0.6) is 11.5 Å². The number of rotatable bonds is 10. The highest BCUT2D eigenvalue weighted by molar-refractivity contribution is 7.13. The molecule has 2 aromatic rings. The van der Waals surface area contributed by atoms with Gasteiger partial charge in [-0.2, -0.15) is 0 Å². The molecule has 0 spiro atoms. The largest absolute Gasteiger partial charge is 0.544 e. The number of carbonyl (C=O) groups excluding carboxylic acids is 1. The van der Waals surface area contributed by atoms with Gasteiger partial charge in [0.2, 0.25) is 8.32 Å². The van der Waals surface area contributed by atoms with Gasteiger partial charge in [-0.25, -0.2) is 4.98 Å². The molecule has 0 aliphatic rings. The van der Waals surface area contributed by atoms with Gasteiger partial charge in [0.25, 0.3) is 5.91 Å². The maximum Gasteiger partial charge on any atom is 0.257 e. The van der Waals surface area contributed by atoms with E-state index < -0.39 is 16.6 Å². The van der Waals surface area contributed by atoms with Crippen LogP contribution < -0.4 is 14.5 Å². The average molecular weight is 551 g/mol. The van der Waals surface area contributed by atoms with Crippen molar-refractivity contribution < 1.29 is 18.4 Å². The highest BCUT2D eigenvalue weighted by Gasteiger charge is 2.40. The smallest absolute Gasteiger partial charge is 0.257 e. The number of carbonyl (C=O) groups is 1. The van der Waals surface area contributed by atoms with Crippen LogP contribution in [-0.4, -0.2) is 40.2 Å². The van der Waals surface area contributed by atoms with Gasteiger partial charge in [-0.1, -0.05) is 48.5 Å². The van der Waals surface area contributed by atoms with Crippen LogP contribution >= 0.6 is 11.3 Å². The number of nitrogens with zero attached hydrogens (tertiary/aromatic N) is 1. The first kappa shape index (κ1) is 30.5. The quantitative estimate of drug-likeness (QED) is 0.302. The number of amides is 1. The highest BCUT2D eigenvalue weighted by Crippen LogP contribution is 2.40. The van der Waals surface area contributed by atoms with Gasteiger partial charge in [0.1, 0.15) is 17.6 Å². The van der Waals surface area contributed by atoms with Gasteiger partial charge in [0.15, 0.2) is 13.4 Å². The molecule has 0 bridgehead atoms. The number of thiazole rings is 1. The molecule has 9 heteroatoms. The van der Waals surface area contributed by atoms with E-state index in [4.69, 9.17) is 13.6 Å². The predicted octanol–water partition coefficient (Wildman–Crippen LogP) is 8.20. The summed E-state index contributed by atoms with van der Waals surface area (Å²) in [7, 11) is -4.04. The molecule has 1 amide bonds. The Hall–Kier alpha value is -1.69. The molecule has 0 aliphatic heterocycles. The third-order valence-corrected chi connectivity index (χ3v) is 16.2. The van der Waals surface area contributed by atoms with Gasteiger partial charge in [-0.15, -0.1) is 11.3 Å². The molecule has 2 atom stereocenters. The third kappa shape index (κ3) is 8.43. The second kappa shape index (κ2) is 11.4. The van der Waals surface area contributed by atoms with Crippen LogP contribution in [0, 0.1) is 5.41 Å². The predicted molar refractivity (Wildman–Crippen MR) is 157 cm³/mol. The van der Waals surface area contributed by atoms with Gasteiger partial charge in [0, 0.05) is 23.2 Å². The first-order valence-electron chi connectivity index (χ1n) is 12.7. The lowest BCUT2D eigenvalue weighted by atomic mass is 9.93. The molecule has 36 heavy (non-hydrogen) atoms. The monoisotopic (exact) mass is 550 g/mol. The molecule has 1 aromatic heterocycles. The summed E-state index contributed by atoms with van der Waals surface area (Å²) in [4.78, 5) is 17.2. The molecule has 1 heterocycles. The Bertz CT molecular complexity index is 1010. The van der Waals surface area contributed by atoms with Crippen molar-refractivity contribution in [3.8, 4) is 11.5 Å². The summed E-state index contributed by atoms with van der Waals surface area (Å²) in [6, 6.07) is 5.46. The topological polar surface area (TPSA) is 69.7 Å². The fourth-order valence-corrected chi connectivity index (χ4v) is 8.12. The van der Waals surface area contributed by atoms with Gasteiger partial charge >= 0.3 is 0 Å². The first-order valence-corrected chi connectivity index (χ1v) is 19.4. The molecule has 1 aromatic carbocycles. The molecule has 1 N–H and O–H groups in total. The van der Waals surface area contributed by atoms with E-state index in [1.54, 1.807) is 18.3 Å². The molecule has 1 unspecified atom stereocenters. The molecule has 2 rings (SSSR count). The minimum Gasteiger partial charge on any atom is -0.544 e. The van der Waals surface area contributed by atoms with Crippen LogP contribution in [0.25, 0.3) is 0 Å². The van der Waals surface area contributed by atoms with Crippen molar-refractivity contribution in [3.05, 3.63) is 35.3 Å². The summed E-state index contributed by atoms with van der Waals surface area (Å²) >= 11 is 1.38. The number of hydrogen-bond acceptors (Lipinski definition) is 6. The number of ether oxygens (including phenoxy) is 1. The van der Waals surface area contributed by atoms with Gasteiger partial charge in [0.05, 0.1) is 6.61 Å². The van der Waals surface area contributed by atoms with Crippen molar-refractivity contribution in [3.63, 3.8) is 0 Å². The molecule has 0 radical (unpaired) electrons. The van der Waals surface area contributed by atoms with Crippen molar-refractivity contribution >= 4 is 39.0 Å². The maximum absolute atomic E-state index is 13.1. The number of benzene rings is 1. The van der Waals surface area contributed by atoms with Crippen molar-refractivity contribution in [2.75, 3.05) is 11.9 Å². The molecule has 6 nitrogen and oxygen atoms in total. The number of hydrogen-bond donors (Lipinski definition) is 1. The lowest BCUT2D eigenvalue weighted by molar-refractivity contribution is 0.102. The summed E-state index contributed by atoms with van der Waals surface area (Å²) in [6.45, 7) is 27.1. The molecular formula is C27H46N2O4SSi2. The van der Waals surface area contributed by atoms with E-state index in [1.807, 2.05) is 18.4 Å². The zero-order valence-electron chi connectivity index (χ0n) is 24.2. The van der Waals surface area contributed by atoms with Crippen LogP contribution in [-0.2, 0) is 4.43 Å². The van der Waals surface area contributed by atoms with E-state index in [-0.39, 0.29) is 22.5 Å². The summed E-state index contributed by atoms with van der Waals surface area (Å²) < 4.78 is 19.3. The summed E-state index contributed by atoms with van der Waals surface area (Å²) in [6.07, 6.45) is 1.49. The Labute approximate surface area is 224 Å². The lowest BCUT2D eigenvalue weighted by Crippen LogP contribution is -2.44. The van der Waals surface area contributed by atoms with E-state index in [2.05, 4.69) is 85.0 Å². The maximum atomic E-state index is 13.1. The van der Waals surface area contributed by atoms with Crippen LogP contribution in [0.2, 0.25) is 36.8 Å². The van der Waals surface area contributed by atoms with Crippen LogP contribution in [0.3, 0.4) is 0 Å². The number of nitrogens with one attached hydrogen (secondary N) is 1. The SMILES string of the molecule is CC(C(C)(C)C)[Si](C)(C)Oc1cc(O[C@@H](C)CO[Si](C)(C)C(C)(C)C)cc(C(=O)Nc2nccs2)c1. The van der Waals surface area contributed by atoms with Crippen molar-refractivity contribution in [2.24, 2.45) is 5.41 Å². The molecule has 0 aliphatic carbocycles. The average Bonchev–Trinajstić information content (AvgIpc) is 3.22. The van der Waals surface area contributed by atoms with Crippen LogP contribution in [0.1, 0.15) is 65.7 Å². The highest BCUT2D eigenvalue weighted by atomic mass is 32.1. The van der Waals surface area contributed by atoms with E-state index in [0.717, 1.165) is 0 Å². The van der Waals surface area contributed by atoms with E-state index in [9.17, 15) is 4.79 Å². The van der Waals surface area contributed by atoms with E-state index in [0.29, 0.717) is 34.3 Å². The van der Waals surface area contributed by atoms with Crippen molar-refractivity contribution in [1.82, 2.24) is 4.98 Å². The minimum absolute atomic E-state index is 0.116. The zero-order chi connectivity index (χ0) is 27.5. The number of aromatic nitrogens is 1. The Kier molecular flexibility index (Phi) is 9.64. The Balaban J connectivity index is 2.30. The fraction of sp³-hybridized carbons (Fsp3) is 0.630. The van der Waals surface area contributed by atoms with Crippen LogP contribution in [0.15, 0.2) is 29.8 Å². The fourth-order valence-electron chi connectivity index (χ4n) is 3.53. The second-order valence-electron chi connectivity index (χ2n) is 12.8. The Morgan fingerprint density at radius 2 is 1.64 bits per heavy atom. The number of anilines is 1. The van der Waals surface area contributed by atoms with Crippen molar-refractivity contribution in [2.45, 2.75) is 98.3 Å². The Morgan fingerprint density at radius 3 is 2.17 bits per heavy atom. The normalized spacial score (nSPS) is 14.8.